The van der Waals surface area contributed by atoms with E-state index < -0.39 is 0 Å². The Labute approximate surface area is 213 Å². The SMILES string of the molecule is CC(=O)N1CCc2ccc(NC(=O)c3ccc(-c4ccccc4)c(CN4CCCCC4)c3)cc21.Cl. The minimum absolute atomic E-state index is 0. The first-order valence-electron chi connectivity index (χ1n) is 12.2. The second kappa shape index (κ2) is 11.1. The fraction of sp³-hybridized carbons (Fsp3) is 0.310. The Morgan fingerprint density at radius 3 is 2.40 bits per heavy atom. The van der Waals surface area contributed by atoms with Gasteiger partial charge in [-0.15, -0.1) is 12.4 Å². The highest BCUT2D eigenvalue weighted by Gasteiger charge is 2.23. The average molecular weight is 490 g/mol. The molecule has 0 atom stereocenters. The number of carbonyl (C=O) groups is 2. The highest BCUT2D eigenvalue weighted by molar-refractivity contribution is 6.05. The van der Waals surface area contributed by atoms with E-state index in [0.717, 1.165) is 37.3 Å². The summed E-state index contributed by atoms with van der Waals surface area (Å²) in [6.45, 7) is 5.33. The molecule has 2 amide bonds. The summed E-state index contributed by atoms with van der Waals surface area (Å²) in [6.07, 6.45) is 4.61. The quantitative estimate of drug-likeness (QED) is 0.483. The molecule has 5 nitrogen and oxygen atoms in total. The molecule has 0 spiro atoms. The van der Waals surface area contributed by atoms with Crippen LogP contribution in [0.15, 0.2) is 66.7 Å². The maximum absolute atomic E-state index is 13.2. The van der Waals surface area contributed by atoms with Crippen LogP contribution in [0.1, 0.15) is 47.7 Å². The Balaban J connectivity index is 0.00000289. The summed E-state index contributed by atoms with van der Waals surface area (Å²) >= 11 is 0. The number of nitrogens with zero attached hydrogens (tertiary/aromatic N) is 2. The number of nitrogens with one attached hydrogen (secondary N) is 1. The zero-order valence-corrected chi connectivity index (χ0v) is 20.9. The molecule has 2 aliphatic rings. The van der Waals surface area contributed by atoms with Crippen LogP contribution in [0.3, 0.4) is 0 Å². The first kappa shape index (κ1) is 25.0. The minimum Gasteiger partial charge on any atom is -0.322 e. The first-order valence-corrected chi connectivity index (χ1v) is 12.2. The van der Waals surface area contributed by atoms with Crippen LogP contribution >= 0.6 is 12.4 Å². The van der Waals surface area contributed by atoms with Gasteiger partial charge in [0.2, 0.25) is 5.91 Å². The fourth-order valence-electron chi connectivity index (χ4n) is 5.11. The molecule has 1 saturated heterocycles. The molecule has 0 aromatic heterocycles. The summed E-state index contributed by atoms with van der Waals surface area (Å²) in [5.74, 6) is -0.104. The molecule has 0 aliphatic carbocycles. The predicted molar refractivity (Wildman–Crippen MR) is 144 cm³/mol. The van der Waals surface area contributed by atoms with Crippen molar-refractivity contribution in [3.8, 4) is 11.1 Å². The van der Waals surface area contributed by atoms with E-state index >= 15 is 0 Å². The van der Waals surface area contributed by atoms with Crippen molar-refractivity contribution >= 4 is 35.6 Å². The van der Waals surface area contributed by atoms with Crippen LogP contribution < -0.4 is 10.2 Å². The zero-order chi connectivity index (χ0) is 23.5. The van der Waals surface area contributed by atoms with Crippen LogP contribution in [0.5, 0.6) is 0 Å². The third-order valence-corrected chi connectivity index (χ3v) is 6.91. The Morgan fingerprint density at radius 1 is 0.886 bits per heavy atom. The van der Waals surface area contributed by atoms with Gasteiger partial charge in [-0.2, -0.15) is 0 Å². The normalized spacial score (nSPS) is 15.3. The molecule has 2 aliphatic heterocycles. The molecule has 0 saturated carbocycles. The van der Waals surface area contributed by atoms with Crippen molar-refractivity contribution in [3.05, 3.63) is 83.4 Å². The number of hydrogen-bond donors (Lipinski definition) is 1. The van der Waals surface area contributed by atoms with E-state index in [4.69, 9.17) is 0 Å². The lowest BCUT2D eigenvalue weighted by Crippen LogP contribution is -2.29. The molecule has 5 rings (SSSR count). The Morgan fingerprint density at radius 2 is 1.66 bits per heavy atom. The molecule has 0 radical (unpaired) electrons. The van der Waals surface area contributed by atoms with Gasteiger partial charge in [-0.05, 0) is 78.9 Å². The lowest BCUT2D eigenvalue weighted by molar-refractivity contribution is -0.116. The molecular weight excluding hydrogens is 458 g/mol. The fourth-order valence-corrected chi connectivity index (χ4v) is 5.11. The molecule has 1 fully saturated rings. The molecule has 182 valence electrons. The van der Waals surface area contributed by atoms with Crippen LogP contribution in [-0.2, 0) is 17.8 Å². The van der Waals surface area contributed by atoms with Crippen molar-refractivity contribution in [1.29, 1.82) is 0 Å². The lowest BCUT2D eigenvalue weighted by Gasteiger charge is -2.27. The number of hydrogen-bond acceptors (Lipinski definition) is 3. The smallest absolute Gasteiger partial charge is 0.255 e. The largest absolute Gasteiger partial charge is 0.322 e. The van der Waals surface area contributed by atoms with Gasteiger partial charge in [0.15, 0.2) is 0 Å². The summed E-state index contributed by atoms with van der Waals surface area (Å²) < 4.78 is 0. The Hall–Kier alpha value is -3.15. The molecule has 3 aromatic rings. The van der Waals surface area contributed by atoms with Crippen molar-refractivity contribution in [3.63, 3.8) is 0 Å². The van der Waals surface area contributed by atoms with Gasteiger partial charge in [0.25, 0.3) is 5.91 Å². The third-order valence-electron chi connectivity index (χ3n) is 6.91. The van der Waals surface area contributed by atoms with Gasteiger partial charge in [-0.3, -0.25) is 14.5 Å². The molecule has 3 aromatic carbocycles. The first-order chi connectivity index (χ1) is 16.6. The number of piperidine rings is 1. The van der Waals surface area contributed by atoms with E-state index in [-0.39, 0.29) is 24.2 Å². The lowest BCUT2D eigenvalue weighted by atomic mass is 9.96. The molecule has 6 heteroatoms. The topological polar surface area (TPSA) is 52.7 Å². The average Bonchev–Trinajstić information content (AvgIpc) is 3.29. The van der Waals surface area contributed by atoms with E-state index in [0.29, 0.717) is 17.8 Å². The maximum atomic E-state index is 13.2. The number of carbonyl (C=O) groups excluding carboxylic acids is 2. The van der Waals surface area contributed by atoms with Gasteiger partial charge in [-0.25, -0.2) is 0 Å². The van der Waals surface area contributed by atoms with E-state index in [1.165, 1.54) is 36.0 Å². The van der Waals surface area contributed by atoms with E-state index in [1.54, 1.807) is 11.8 Å². The van der Waals surface area contributed by atoms with Crippen LogP contribution in [0, 0.1) is 0 Å². The van der Waals surface area contributed by atoms with Gasteiger partial charge in [0.1, 0.15) is 0 Å². The third kappa shape index (κ3) is 5.58. The Kier molecular flexibility index (Phi) is 7.89. The highest BCUT2D eigenvalue weighted by atomic mass is 35.5. The van der Waals surface area contributed by atoms with Gasteiger partial charge in [-0.1, -0.05) is 48.9 Å². The highest BCUT2D eigenvalue weighted by Crippen LogP contribution is 2.32. The number of likely N-dealkylation sites (tertiary alicyclic amines) is 1. The number of amides is 2. The molecule has 0 unspecified atom stereocenters. The number of halogens is 1. The van der Waals surface area contributed by atoms with Crippen LogP contribution in [0.4, 0.5) is 11.4 Å². The summed E-state index contributed by atoms with van der Waals surface area (Å²) in [7, 11) is 0. The van der Waals surface area contributed by atoms with E-state index in [2.05, 4.69) is 40.5 Å². The van der Waals surface area contributed by atoms with E-state index in [1.807, 2.05) is 36.4 Å². The summed E-state index contributed by atoms with van der Waals surface area (Å²) in [4.78, 5) is 29.4. The van der Waals surface area contributed by atoms with Gasteiger partial charge < -0.3 is 10.2 Å². The molecule has 2 heterocycles. The monoisotopic (exact) mass is 489 g/mol. The van der Waals surface area contributed by atoms with Gasteiger partial charge >= 0.3 is 0 Å². The van der Waals surface area contributed by atoms with Crippen molar-refractivity contribution in [1.82, 2.24) is 4.90 Å². The molecule has 35 heavy (non-hydrogen) atoms. The summed E-state index contributed by atoms with van der Waals surface area (Å²) in [5.41, 5.74) is 6.93. The minimum atomic E-state index is -0.133. The number of benzene rings is 3. The standard InChI is InChI=1S/C29H31N3O2.ClH/c1-21(33)32-17-14-23-10-12-26(19-28(23)32)30-29(34)24-11-13-27(22-8-4-2-5-9-22)25(18-24)20-31-15-6-3-7-16-31;/h2,4-5,8-13,18-19H,3,6-7,14-17,20H2,1H3,(H,30,34);1H. The maximum Gasteiger partial charge on any atom is 0.255 e. The van der Waals surface area contributed by atoms with Gasteiger partial charge in [0, 0.05) is 37.0 Å². The molecule has 1 N–H and O–H groups in total. The second-order valence-corrected chi connectivity index (χ2v) is 9.29. The summed E-state index contributed by atoms with van der Waals surface area (Å²) in [6, 6.07) is 22.3. The zero-order valence-electron chi connectivity index (χ0n) is 20.1. The number of fused-ring (bicyclic) bond motifs is 1. The predicted octanol–water partition coefficient (Wildman–Crippen LogP) is 5.92. The van der Waals surface area contributed by atoms with Crippen LogP contribution in [-0.4, -0.2) is 36.3 Å². The van der Waals surface area contributed by atoms with Crippen molar-refractivity contribution < 1.29 is 9.59 Å². The second-order valence-electron chi connectivity index (χ2n) is 9.29. The van der Waals surface area contributed by atoms with Gasteiger partial charge in [0.05, 0.1) is 0 Å². The number of rotatable bonds is 5. The summed E-state index contributed by atoms with van der Waals surface area (Å²) in [5, 5.41) is 3.05. The number of anilines is 2. The van der Waals surface area contributed by atoms with E-state index in [9.17, 15) is 9.59 Å². The van der Waals surface area contributed by atoms with Crippen LogP contribution in [0.25, 0.3) is 11.1 Å². The molecule has 0 bridgehead atoms. The van der Waals surface area contributed by atoms with Crippen molar-refractivity contribution in [2.75, 3.05) is 29.9 Å². The molecular formula is C29H32ClN3O2. The Bertz CT molecular complexity index is 1210. The van der Waals surface area contributed by atoms with Crippen LogP contribution in [0.2, 0.25) is 0 Å². The van der Waals surface area contributed by atoms with Crippen molar-refractivity contribution in [2.24, 2.45) is 0 Å². The van der Waals surface area contributed by atoms with Crippen molar-refractivity contribution in [2.45, 2.75) is 39.2 Å².